The molecule has 0 bridgehead atoms. The average Bonchev–Trinajstić information content (AvgIpc) is 2.69. The molecule has 0 unspecified atom stereocenters. The maximum atomic E-state index is 12.5. The third-order valence-electron chi connectivity index (χ3n) is 3.81. The molecule has 0 saturated carbocycles. The Morgan fingerprint density at radius 3 is 2.41 bits per heavy atom. The highest BCUT2D eigenvalue weighted by molar-refractivity contribution is 6.31. The van der Waals surface area contributed by atoms with Gasteiger partial charge in [0.25, 0.3) is 5.91 Å². The summed E-state index contributed by atoms with van der Waals surface area (Å²) < 4.78 is 10.5. The molecule has 0 radical (unpaired) electrons. The van der Waals surface area contributed by atoms with Gasteiger partial charge in [-0.3, -0.25) is 4.79 Å². The van der Waals surface area contributed by atoms with Crippen LogP contribution in [0, 0.1) is 0 Å². The molecule has 0 aliphatic heterocycles. The van der Waals surface area contributed by atoms with Crippen molar-refractivity contribution in [1.82, 2.24) is 4.98 Å². The zero-order valence-electron chi connectivity index (χ0n) is 14.8. The number of nitrogens with zero attached hydrogens (tertiary/aromatic N) is 1. The van der Waals surface area contributed by atoms with Gasteiger partial charge in [-0.1, -0.05) is 23.7 Å². The summed E-state index contributed by atoms with van der Waals surface area (Å²) in [7, 11) is 3.13. The minimum Gasteiger partial charge on any atom is -0.495 e. The molecule has 3 rings (SSSR count). The Morgan fingerprint density at radius 2 is 1.70 bits per heavy atom. The van der Waals surface area contributed by atoms with E-state index in [1.807, 2.05) is 24.3 Å². The number of nitrogens with one attached hydrogen (secondary N) is 2. The van der Waals surface area contributed by atoms with Crippen molar-refractivity contribution in [2.45, 2.75) is 0 Å². The van der Waals surface area contributed by atoms with Gasteiger partial charge in [0.2, 0.25) is 0 Å². The predicted octanol–water partition coefficient (Wildman–Crippen LogP) is 4.75. The number of methoxy groups -OCH3 is 2. The van der Waals surface area contributed by atoms with Crippen LogP contribution in [0.5, 0.6) is 11.5 Å². The quantitative estimate of drug-likeness (QED) is 0.642. The van der Waals surface area contributed by atoms with Crippen molar-refractivity contribution in [3.8, 4) is 11.5 Å². The number of para-hydroxylation sites is 2. The standard InChI is InChI=1S/C20H18ClN3O3/c1-26-17-6-4-3-5-15(17)23-19-10-7-13(12-22-19)20(25)24-16-11-14(21)8-9-18(16)27-2/h3-12H,1-2H3,(H,22,23)(H,24,25). The molecule has 3 aromatic rings. The number of pyridine rings is 1. The fraction of sp³-hybridized carbons (Fsp3) is 0.100. The van der Waals surface area contributed by atoms with Gasteiger partial charge in [-0.05, 0) is 42.5 Å². The van der Waals surface area contributed by atoms with Crippen LogP contribution in [0.25, 0.3) is 0 Å². The lowest BCUT2D eigenvalue weighted by Gasteiger charge is -2.12. The van der Waals surface area contributed by atoms with E-state index in [4.69, 9.17) is 21.1 Å². The molecule has 0 aliphatic rings. The first-order valence-electron chi connectivity index (χ1n) is 8.11. The smallest absolute Gasteiger partial charge is 0.257 e. The van der Waals surface area contributed by atoms with E-state index in [0.717, 1.165) is 5.69 Å². The minimum absolute atomic E-state index is 0.313. The Hall–Kier alpha value is -3.25. The molecule has 1 aromatic heterocycles. The third-order valence-corrected chi connectivity index (χ3v) is 4.04. The number of rotatable bonds is 6. The van der Waals surface area contributed by atoms with Gasteiger partial charge >= 0.3 is 0 Å². The van der Waals surface area contributed by atoms with Crippen LogP contribution in [-0.2, 0) is 0 Å². The topological polar surface area (TPSA) is 72.5 Å². The number of hydrogen-bond acceptors (Lipinski definition) is 5. The van der Waals surface area contributed by atoms with Gasteiger partial charge in [-0.15, -0.1) is 0 Å². The lowest BCUT2D eigenvalue weighted by atomic mass is 10.2. The first kappa shape index (κ1) is 18.5. The number of amides is 1. The third kappa shape index (κ3) is 4.48. The normalized spacial score (nSPS) is 10.2. The van der Waals surface area contributed by atoms with E-state index in [1.54, 1.807) is 37.4 Å². The Morgan fingerprint density at radius 1 is 0.963 bits per heavy atom. The van der Waals surface area contributed by atoms with Crippen molar-refractivity contribution >= 4 is 34.7 Å². The molecule has 0 aliphatic carbocycles. The number of benzene rings is 2. The Balaban J connectivity index is 1.73. The summed E-state index contributed by atoms with van der Waals surface area (Å²) >= 11 is 5.99. The molecule has 7 heteroatoms. The van der Waals surface area contributed by atoms with Crippen LogP contribution in [0.1, 0.15) is 10.4 Å². The van der Waals surface area contributed by atoms with E-state index in [-0.39, 0.29) is 5.91 Å². The van der Waals surface area contributed by atoms with Crippen molar-refractivity contribution in [2.24, 2.45) is 0 Å². The first-order chi connectivity index (χ1) is 13.1. The molecule has 138 valence electrons. The van der Waals surface area contributed by atoms with Crippen LogP contribution in [0.4, 0.5) is 17.2 Å². The summed E-state index contributed by atoms with van der Waals surface area (Å²) in [6.45, 7) is 0. The van der Waals surface area contributed by atoms with E-state index in [9.17, 15) is 4.79 Å². The number of hydrogen-bond donors (Lipinski definition) is 2. The molecule has 27 heavy (non-hydrogen) atoms. The van der Waals surface area contributed by atoms with Gasteiger partial charge in [0, 0.05) is 11.2 Å². The Bertz CT molecular complexity index is 945. The molecule has 6 nitrogen and oxygen atoms in total. The summed E-state index contributed by atoms with van der Waals surface area (Å²) in [6, 6.07) is 15.9. The molecular formula is C20H18ClN3O3. The number of carbonyl (C=O) groups is 1. The summed E-state index contributed by atoms with van der Waals surface area (Å²) in [5.74, 6) is 1.51. The summed E-state index contributed by atoms with van der Waals surface area (Å²) in [4.78, 5) is 16.8. The van der Waals surface area contributed by atoms with Gasteiger partial charge in [-0.2, -0.15) is 0 Å². The molecule has 1 amide bonds. The van der Waals surface area contributed by atoms with Crippen molar-refractivity contribution in [1.29, 1.82) is 0 Å². The zero-order valence-corrected chi connectivity index (χ0v) is 15.6. The van der Waals surface area contributed by atoms with Crippen molar-refractivity contribution in [3.63, 3.8) is 0 Å². The van der Waals surface area contributed by atoms with Crippen molar-refractivity contribution in [3.05, 3.63) is 71.4 Å². The summed E-state index contributed by atoms with van der Waals surface area (Å²) in [5.41, 5.74) is 1.68. The molecule has 2 N–H and O–H groups in total. The van der Waals surface area contributed by atoms with Gasteiger partial charge in [0.05, 0.1) is 31.2 Å². The number of aromatic nitrogens is 1. The van der Waals surface area contributed by atoms with Crippen LogP contribution < -0.4 is 20.1 Å². The van der Waals surface area contributed by atoms with Crippen LogP contribution in [0.15, 0.2) is 60.8 Å². The fourth-order valence-electron chi connectivity index (χ4n) is 2.46. The molecule has 0 atom stereocenters. The van der Waals surface area contributed by atoms with Crippen molar-refractivity contribution < 1.29 is 14.3 Å². The number of anilines is 3. The average molecular weight is 384 g/mol. The van der Waals surface area contributed by atoms with Gasteiger partial charge in [0.15, 0.2) is 0 Å². The second kappa shape index (κ2) is 8.42. The molecular weight excluding hydrogens is 366 g/mol. The van der Waals surface area contributed by atoms with Crippen LogP contribution in [0.2, 0.25) is 5.02 Å². The molecule has 2 aromatic carbocycles. The monoisotopic (exact) mass is 383 g/mol. The van der Waals surface area contributed by atoms with E-state index >= 15 is 0 Å². The molecule has 0 spiro atoms. The van der Waals surface area contributed by atoms with Crippen LogP contribution >= 0.6 is 11.6 Å². The minimum atomic E-state index is -0.313. The van der Waals surface area contributed by atoms with E-state index in [1.165, 1.54) is 13.3 Å². The van der Waals surface area contributed by atoms with E-state index in [0.29, 0.717) is 33.6 Å². The van der Waals surface area contributed by atoms with Crippen LogP contribution in [0.3, 0.4) is 0 Å². The highest BCUT2D eigenvalue weighted by Crippen LogP contribution is 2.28. The Labute approximate surface area is 162 Å². The second-order valence-corrected chi connectivity index (χ2v) is 5.99. The zero-order chi connectivity index (χ0) is 19.2. The highest BCUT2D eigenvalue weighted by Gasteiger charge is 2.11. The van der Waals surface area contributed by atoms with Gasteiger partial charge in [-0.25, -0.2) is 4.98 Å². The molecule has 0 fully saturated rings. The van der Waals surface area contributed by atoms with Crippen LogP contribution in [-0.4, -0.2) is 25.1 Å². The molecule has 1 heterocycles. The summed E-state index contributed by atoms with van der Waals surface area (Å²) in [5, 5.41) is 6.44. The second-order valence-electron chi connectivity index (χ2n) is 5.56. The highest BCUT2D eigenvalue weighted by atomic mass is 35.5. The van der Waals surface area contributed by atoms with Crippen molar-refractivity contribution in [2.75, 3.05) is 24.9 Å². The first-order valence-corrected chi connectivity index (χ1v) is 8.49. The predicted molar refractivity (Wildman–Crippen MR) is 106 cm³/mol. The molecule has 0 saturated heterocycles. The Kier molecular flexibility index (Phi) is 5.78. The lowest BCUT2D eigenvalue weighted by molar-refractivity contribution is 0.102. The maximum Gasteiger partial charge on any atom is 0.257 e. The van der Waals surface area contributed by atoms with Gasteiger partial charge in [0.1, 0.15) is 17.3 Å². The SMILES string of the molecule is COc1ccc(Cl)cc1NC(=O)c1ccc(Nc2ccccc2OC)nc1. The fourth-order valence-corrected chi connectivity index (χ4v) is 2.63. The number of ether oxygens (including phenoxy) is 2. The largest absolute Gasteiger partial charge is 0.495 e. The van der Waals surface area contributed by atoms with E-state index < -0.39 is 0 Å². The maximum absolute atomic E-state index is 12.5. The van der Waals surface area contributed by atoms with E-state index in [2.05, 4.69) is 15.6 Å². The summed E-state index contributed by atoms with van der Waals surface area (Å²) in [6.07, 6.45) is 1.49. The lowest BCUT2D eigenvalue weighted by Crippen LogP contribution is -2.13. The van der Waals surface area contributed by atoms with Gasteiger partial charge < -0.3 is 20.1 Å². The number of halogens is 1. The number of carbonyl (C=O) groups excluding carboxylic acids is 1.